The van der Waals surface area contributed by atoms with Gasteiger partial charge in [0.1, 0.15) is 6.61 Å². The first-order valence-corrected chi connectivity index (χ1v) is 4.60. The van der Waals surface area contributed by atoms with Crippen LogP contribution in [-0.4, -0.2) is 20.3 Å². The minimum atomic E-state index is -0.223. The summed E-state index contributed by atoms with van der Waals surface area (Å²) < 4.78 is 5.18. The van der Waals surface area contributed by atoms with Crippen LogP contribution in [0, 0.1) is 6.92 Å². The van der Waals surface area contributed by atoms with E-state index in [0.29, 0.717) is 12.3 Å². The average Bonchev–Trinajstić information content (AvgIpc) is 2.65. The van der Waals surface area contributed by atoms with Gasteiger partial charge in [0.2, 0.25) is 11.8 Å². The highest BCUT2D eigenvalue weighted by molar-refractivity contribution is 5.19. The zero-order valence-corrected chi connectivity index (χ0v) is 8.34. The van der Waals surface area contributed by atoms with Gasteiger partial charge in [0.15, 0.2) is 0 Å². The Morgan fingerprint density at radius 3 is 2.73 bits per heavy atom. The third-order valence-electron chi connectivity index (χ3n) is 1.93. The highest BCUT2D eigenvalue weighted by Crippen LogP contribution is 2.08. The molecule has 0 amide bonds. The van der Waals surface area contributed by atoms with Crippen LogP contribution >= 0.6 is 0 Å². The lowest BCUT2D eigenvalue weighted by Crippen LogP contribution is -1.90. The van der Waals surface area contributed by atoms with Crippen LogP contribution in [-0.2, 0) is 13.0 Å². The van der Waals surface area contributed by atoms with Crippen molar-refractivity contribution in [2.24, 2.45) is 0 Å². The van der Waals surface area contributed by atoms with Crippen molar-refractivity contribution in [2.75, 3.05) is 0 Å². The van der Waals surface area contributed by atoms with Crippen LogP contribution in [0.2, 0.25) is 0 Å². The van der Waals surface area contributed by atoms with Crippen molar-refractivity contribution < 1.29 is 9.52 Å². The van der Waals surface area contributed by atoms with E-state index in [-0.39, 0.29) is 12.5 Å². The van der Waals surface area contributed by atoms with Gasteiger partial charge in [-0.1, -0.05) is 6.07 Å². The summed E-state index contributed by atoms with van der Waals surface area (Å²) in [6, 6.07) is 2.01. The van der Waals surface area contributed by atoms with Gasteiger partial charge < -0.3 is 9.52 Å². The summed E-state index contributed by atoms with van der Waals surface area (Å²) in [6.07, 6.45) is 4.09. The normalized spacial score (nSPS) is 10.5. The molecular formula is C10H11N3O2. The molecule has 5 nitrogen and oxygen atoms in total. The molecule has 15 heavy (non-hydrogen) atoms. The van der Waals surface area contributed by atoms with E-state index in [2.05, 4.69) is 15.2 Å². The summed E-state index contributed by atoms with van der Waals surface area (Å²) in [5, 5.41) is 16.2. The number of aliphatic hydroxyl groups excluding tert-OH is 1. The molecule has 0 saturated carbocycles. The van der Waals surface area contributed by atoms with Gasteiger partial charge in [-0.3, -0.25) is 4.98 Å². The lowest BCUT2D eigenvalue weighted by atomic mass is 10.2. The van der Waals surface area contributed by atoms with E-state index in [1.807, 2.05) is 13.0 Å². The number of aryl methyl sites for hydroxylation is 1. The molecule has 2 aromatic heterocycles. The van der Waals surface area contributed by atoms with E-state index in [4.69, 9.17) is 9.52 Å². The SMILES string of the molecule is Cc1cncc(Cc2nnc(CO)o2)c1. The summed E-state index contributed by atoms with van der Waals surface area (Å²) in [7, 11) is 0. The lowest BCUT2D eigenvalue weighted by Gasteiger charge is -1.97. The highest BCUT2D eigenvalue weighted by Gasteiger charge is 2.05. The largest absolute Gasteiger partial charge is 0.422 e. The third kappa shape index (κ3) is 2.38. The quantitative estimate of drug-likeness (QED) is 0.804. The van der Waals surface area contributed by atoms with Crippen molar-refractivity contribution in [3.05, 3.63) is 41.4 Å². The maximum absolute atomic E-state index is 8.75. The summed E-state index contributed by atoms with van der Waals surface area (Å²) in [5.74, 6) is 0.733. The first-order chi connectivity index (χ1) is 7.28. The average molecular weight is 205 g/mol. The van der Waals surface area contributed by atoms with E-state index in [0.717, 1.165) is 11.1 Å². The Morgan fingerprint density at radius 2 is 2.07 bits per heavy atom. The molecule has 2 aromatic rings. The van der Waals surface area contributed by atoms with Crippen molar-refractivity contribution in [1.82, 2.24) is 15.2 Å². The van der Waals surface area contributed by atoms with Gasteiger partial charge in [0, 0.05) is 12.4 Å². The fourth-order valence-corrected chi connectivity index (χ4v) is 1.31. The number of aromatic nitrogens is 3. The Kier molecular flexibility index (Phi) is 2.73. The standard InChI is InChI=1S/C10H11N3O2/c1-7-2-8(5-11-4-7)3-9-12-13-10(6-14)15-9/h2,4-5,14H,3,6H2,1H3. The fourth-order valence-electron chi connectivity index (χ4n) is 1.31. The first-order valence-electron chi connectivity index (χ1n) is 4.60. The smallest absolute Gasteiger partial charge is 0.241 e. The van der Waals surface area contributed by atoms with Crippen molar-refractivity contribution in [3.63, 3.8) is 0 Å². The molecule has 0 unspecified atom stereocenters. The lowest BCUT2D eigenvalue weighted by molar-refractivity contribution is 0.237. The molecule has 1 N–H and O–H groups in total. The third-order valence-corrected chi connectivity index (χ3v) is 1.93. The van der Waals surface area contributed by atoms with Gasteiger partial charge in [-0.05, 0) is 18.1 Å². The highest BCUT2D eigenvalue weighted by atomic mass is 16.4. The molecule has 0 bridgehead atoms. The van der Waals surface area contributed by atoms with Crippen molar-refractivity contribution >= 4 is 0 Å². The number of rotatable bonds is 3. The first kappa shape index (κ1) is 9.79. The van der Waals surface area contributed by atoms with Crippen molar-refractivity contribution in [2.45, 2.75) is 20.0 Å². The number of aliphatic hydroxyl groups is 1. The van der Waals surface area contributed by atoms with Gasteiger partial charge >= 0.3 is 0 Å². The van der Waals surface area contributed by atoms with Crippen LogP contribution in [0.25, 0.3) is 0 Å². The van der Waals surface area contributed by atoms with Crippen LogP contribution < -0.4 is 0 Å². The molecule has 0 aliphatic carbocycles. The van der Waals surface area contributed by atoms with Gasteiger partial charge in [0.05, 0.1) is 6.42 Å². The molecule has 0 aliphatic rings. The van der Waals surface area contributed by atoms with Crippen LogP contribution in [0.1, 0.15) is 22.9 Å². The topological polar surface area (TPSA) is 72.0 Å². The van der Waals surface area contributed by atoms with Gasteiger partial charge in [-0.2, -0.15) is 0 Å². The van der Waals surface area contributed by atoms with E-state index in [9.17, 15) is 0 Å². The molecule has 0 radical (unpaired) electrons. The van der Waals surface area contributed by atoms with Gasteiger partial charge in [-0.15, -0.1) is 10.2 Å². The molecule has 2 heterocycles. The molecule has 0 fully saturated rings. The van der Waals surface area contributed by atoms with Crippen LogP contribution in [0.4, 0.5) is 0 Å². The van der Waals surface area contributed by atoms with Gasteiger partial charge in [-0.25, -0.2) is 0 Å². The predicted octanol–water partition coefficient (Wildman–Crippen LogP) is 0.856. The zero-order chi connectivity index (χ0) is 10.7. The number of pyridine rings is 1. The minimum Gasteiger partial charge on any atom is -0.422 e. The fraction of sp³-hybridized carbons (Fsp3) is 0.300. The Hall–Kier alpha value is -1.75. The molecule has 78 valence electrons. The number of hydrogen-bond acceptors (Lipinski definition) is 5. The molecular weight excluding hydrogens is 194 g/mol. The monoisotopic (exact) mass is 205 g/mol. The van der Waals surface area contributed by atoms with E-state index in [1.165, 1.54) is 0 Å². The Morgan fingerprint density at radius 1 is 1.27 bits per heavy atom. The van der Waals surface area contributed by atoms with E-state index >= 15 is 0 Å². The second-order valence-electron chi connectivity index (χ2n) is 3.29. The second kappa shape index (κ2) is 4.18. The van der Waals surface area contributed by atoms with E-state index < -0.39 is 0 Å². The molecule has 5 heteroatoms. The minimum absolute atomic E-state index is 0.223. The Balaban J connectivity index is 2.14. The zero-order valence-electron chi connectivity index (χ0n) is 8.34. The number of hydrogen-bond donors (Lipinski definition) is 1. The van der Waals surface area contributed by atoms with Crippen LogP contribution in [0.5, 0.6) is 0 Å². The second-order valence-corrected chi connectivity index (χ2v) is 3.29. The Labute approximate surface area is 86.8 Å². The van der Waals surface area contributed by atoms with Crippen molar-refractivity contribution in [1.29, 1.82) is 0 Å². The summed E-state index contributed by atoms with van der Waals surface area (Å²) in [5.41, 5.74) is 2.11. The molecule has 0 aliphatic heterocycles. The Bertz CT molecular complexity index is 453. The number of nitrogens with zero attached hydrogens (tertiary/aromatic N) is 3. The summed E-state index contributed by atoms with van der Waals surface area (Å²) >= 11 is 0. The van der Waals surface area contributed by atoms with Crippen LogP contribution in [0.3, 0.4) is 0 Å². The molecule has 0 saturated heterocycles. The summed E-state index contributed by atoms with van der Waals surface area (Å²) in [4.78, 5) is 4.07. The van der Waals surface area contributed by atoms with Crippen molar-refractivity contribution in [3.8, 4) is 0 Å². The molecule has 0 atom stereocenters. The van der Waals surface area contributed by atoms with Gasteiger partial charge in [0.25, 0.3) is 0 Å². The maximum atomic E-state index is 8.75. The van der Waals surface area contributed by atoms with Crippen LogP contribution in [0.15, 0.2) is 22.9 Å². The molecule has 0 spiro atoms. The molecule has 2 rings (SSSR count). The van der Waals surface area contributed by atoms with E-state index in [1.54, 1.807) is 12.4 Å². The maximum Gasteiger partial charge on any atom is 0.241 e. The summed E-state index contributed by atoms with van der Waals surface area (Å²) in [6.45, 7) is 1.75. The molecule has 0 aromatic carbocycles. The predicted molar refractivity (Wildman–Crippen MR) is 52.0 cm³/mol.